The second-order valence-electron chi connectivity index (χ2n) is 2.48. The molecule has 0 saturated carbocycles. The third-order valence-corrected chi connectivity index (χ3v) is 1.16. The monoisotopic (exact) mass is 151 g/mol. The Bertz CT molecular complexity index is 154. The first-order valence-electron chi connectivity index (χ1n) is 3.91. The average Bonchev–Trinajstić information content (AvgIpc) is 1.96. The predicted molar refractivity (Wildman–Crippen MR) is 51.6 cm³/mol. The van der Waals surface area contributed by atoms with Gasteiger partial charge >= 0.3 is 0 Å². The van der Waals surface area contributed by atoms with E-state index in [2.05, 4.69) is 24.0 Å². The lowest BCUT2D eigenvalue weighted by Gasteiger charge is -1.93. The molecular weight excluding hydrogens is 134 g/mol. The Labute approximate surface area is 69.5 Å². The normalized spacial score (nSPS) is 11.5. The molecule has 0 aromatic rings. The van der Waals surface area contributed by atoms with Crippen molar-refractivity contribution in [1.82, 2.24) is 5.32 Å². The lowest BCUT2D eigenvalue weighted by Crippen LogP contribution is -2.12. The fourth-order valence-electron chi connectivity index (χ4n) is 0.628. The summed E-state index contributed by atoms with van der Waals surface area (Å²) in [5, 5.41) is 3.23. The Morgan fingerprint density at radius 3 is 2.55 bits per heavy atom. The van der Waals surface area contributed by atoms with Crippen LogP contribution < -0.4 is 5.32 Å². The summed E-state index contributed by atoms with van der Waals surface area (Å²) < 4.78 is 0. The molecule has 11 heavy (non-hydrogen) atoms. The van der Waals surface area contributed by atoms with Gasteiger partial charge in [-0.2, -0.15) is 0 Å². The minimum Gasteiger partial charge on any atom is -0.310 e. The second kappa shape index (κ2) is 7.29. The van der Waals surface area contributed by atoms with E-state index in [1.54, 1.807) is 0 Å². The van der Waals surface area contributed by atoms with Crippen LogP contribution in [0, 0.1) is 0 Å². The summed E-state index contributed by atoms with van der Waals surface area (Å²) in [5.74, 6) is 0. The van der Waals surface area contributed by atoms with E-state index in [0.717, 1.165) is 18.7 Å². The molecule has 1 N–H and O–H groups in total. The fraction of sp³-hybridized carbons (Fsp3) is 0.400. The van der Waals surface area contributed by atoms with Crippen molar-refractivity contribution in [2.75, 3.05) is 13.1 Å². The molecular formula is C10H17N. The van der Waals surface area contributed by atoms with E-state index in [1.807, 2.05) is 26.0 Å². The third kappa shape index (κ3) is 9.18. The highest BCUT2D eigenvalue weighted by Crippen LogP contribution is 1.86. The summed E-state index contributed by atoms with van der Waals surface area (Å²) in [7, 11) is 0. The molecule has 0 saturated heterocycles. The van der Waals surface area contributed by atoms with Crippen LogP contribution in [0.25, 0.3) is 0 Å². The van der Waals surface area contributed by atoms with Crippen LogP contribution in [0.5, 0.6) is 0 Å². The van der Waals surface area contributed by atoms with E-state index in [-0.39, 0.29) is 0 Å². The van der Waals surface area contributed by atoms with Gasteiger partial charge in [0.25, 0.3) is 0 Å². The molecule has 0 aliphatic carbocycles. The van der Waals surface area contributed by atoms with Gasteiger partial charge < -0.3 is 5.32 Å². The van der Waals surface area contributed by atoms with Crippen LogP contribution in [0.15, 0.2) is 36.5 Å². The highest BCUT2D eigenvalue weighted by molar-refractivity contribution is 5.11. The molecule has 0 aromatic heterocycles. The van der Waals surface area contributed by atoms with Gasteiger partial charge in [0, 0.05) is 13.1 Å². The molecule has 0 aliphatic heterocycles. The zero-order valence-electron chi connectivity index (χ0n) is 7.43. The quantitative estimate of drug-likeness (QED) is 0.361. The SMILES string of the molecule is C=C(C)/C=C\CNC/C=C\C. The van der Waals surface area contributed by atoms with Gasteiger partial charge in [0.05, 0.1) is 0 Å². The van der Waals surface area contributed by atoms with Gasteiger partial charge in [0.15, 0.2) is 0 Å². The van der Waals surface area contributed by atoms with Crippen LogP contribution in [0.1, 0.15) is 13.8 Å². The van der Waals surface area contributed by atoms with E-state index in [9.17, 15) is 0 Å². The molecule has 0 radical (unpaired) electrons. The Kier molecular flexibility index (Phi) is 6.75. The topological polar surface area (TPSA) is 12.0 Å². The van der Waals surface area contributed by atoms with Gasteiger partial charge in [-0.15, -0.1) is 0 Å². The van der Waals surface area contributed by atoms with E-state index < -0.39 is 0 Å². The minimum absolute atomic E-state index is 0.914. The smallest absolute Gasteiger partial charge is 0.0141 e. The molecule has 0 aromatic carbocycles. The maximum atomic E-state index is 3.76. The largest absolute Gasteiger partial charge is 0.310 e. The van der Waals surface area contributed by atoms with Crippen molar-refractivity contribution >= 4 is 0 Å². The maximum Gasteiger partial charge on any atom is 0.0141 e. The van der Waals surface area contributed by atoms with Gasteiger partial charge in [-0.05, 0) is 13.8 Å². The summed E-state index contributed by atoms with van der Waals surface area (Å²) in [4.78, 5) is 0. The fourth-order valence-corrected chi connectivity index (χ4v) is 0.628. The predicted octanol–water partition coefficient (Wildman–Crippen LogP) is 2.28. The molecule has 0 rings (SSSR count). The maximum absolute atomic E-state index is 3.76. The molecule has 0 amide bonds. The standard InChI is InChI=1S/C10H17N/c1-4-5-8-11-9-6-7-10(2)3/h4-7,11H,2,8-9H2,1,3H3/b5-4-,7-6-. The number of hydrogen-bond acceptors (Lipinski definition) is 1. The Hall–Kier alpha value is -0.820. The number of nitrogens with one attached hydrogen (secondary N) is 1. The second-order valence-corrected chi connectivity index (χ2v) is 2.48. The first kappa shape index (κ1) is 10.2. The van der Waals surface area contributed by atoms with Crippen LogP contribution in [0.4, 0.5) is 0 Å². The van der Waals surface area contributed by atoms with Crippen molar-refractivity contribution in [3.8, 4) is 0 Å². The zero-order valence-corrected chi connectivity index (χ0v) is 7.43. The number of allylic oxidation sites excluding steroid dienone is 3. The van der Waals surface area contributed by atoms with Crippen molar-refractivity contribution in [3.63, 3.8) is 0 Å². The molecule has 0 atom stereocenters. The first-order chi connectivity index (χ1) is 5.27. The summed E-state index contributed by atoms with van der Waals surface area (Å²) in [6.45, 7) is 9.62. The highest BCUT2D eigenvalue weighted by atomic mass is 14.8. The van der Waals surface area contributed by atoms with Crippen molar-refractivity contribution in [1.29, 1.82) is 0 Å². The summed E-state index contributed by atoms with van der Waals surface area (Å²) in [6, 6.07) is 0. The van der Waals surface area contributed by atoms with E-state index >= 15 is 0 Å². The Morgan fingerprint density at radius 2 is 2.00 bits per heavy atom. The van der Waals surface area contributed by atoms with E-state index in [1.165, 1.54) is 0 Å². The first-order valence-corrected chi connectivity index (χ1v) is 3.91. The summed E-state index contributed by atoms with van der Waals surface area (Å²) in [6.07, 6.45) is 8.22. The zero-order chi connectivity index (χ0) is 8.53. The van der Waals surface area contributed by atoms with Gasteiger partial charge in [-0.25, -0.2) is 0 Å². The highest BCUT2D eigenvalue weighted by Gasteiger charge is 1.76. The van der Waals surface area contributed by atoms with Crippen LogP contribution in [0.3, 0.4) is 0 Å². The Balaban J connectivity index is 3.20. The van der Waals surface area contributed by atoms with Crippen molar-refractivity contribution in [2.45, 2.75) is 13.8 Å². The minimum atomic E-state index is 0.914. The molecule has 0 unspecified atom stereocenters. The molecule has 0 spiro atoms. The van der Waals surface area contributed by atoms with E-state index in [0.29, 0.717) is 0 Å². The van der Waals surface area contributed by atoms with Gasteiger partial charge in [-0.1, -0.05) is 36.5 Å². The van der Waals surface area contributed by atoms with Gasteiger partial charge in [0.2, 0.25) is 0 Å². The summed E-state index contributed by atoms with van der Waals surface area (Å²) >= 11 is 0. The van der Waals surface area contributed by atoms with Crippen molar-refractivity contribution in [2.24, 2.45) is 0 Å². The molecule has 0 aliphatic rings. The molecule has 0 bridgehead atoms. The van der Waals surface area contributed by atoms with E-state index in [4.69, 9.17) is 0 Å². The third-order valence-electron chi connectivity index (χ3n) is 1.16. The van der Waals surface area contributed by atoms with Crippen LogP contribution >= 0.6 is 0 Å². The number of rotatable bonds is 5. The molecule has 1 heteroatoms. The molecule has 62 valence electrons. The Morgan fingerprint density at radius 1 is 1.36 bits per heavy atom. The average molecular weight is 151 g/mol. The van der Waals surface area contributed by atoms with Gasteiger partial charge in [-0.3, -0.25) is 0 Å². The molecule has 1 nitrogen and oxygen atoms in total. The van der Waals surface area contributed by atoms with Crippen LogP contribution in [-0.4, -0.2) is 13.1 Å². The van der Waals surface area contributed by atoms with Crippen LogP contribution in [-0.2, 0) is 0 Å². The van der Waals surface area contributed by atoms with Crippen LogP contribution in [0.2, 0.25) is 0 Å². The lowest BCUT2D eigenvalue weighted by molar-refractivity contribution is 0.842. The van der Waals surface area contributed by atoms with Crippen molar-refractivity contribution in [3.05, 3.63) is 36.5 Å². The van der Waals surface area contributed by atoms with Gasteiger partial charge in [0.1, 0.15) is 0 Å². The van der Waals surface area contributed by atoms with Crippen molar-refractivity contribution < 1.29 is 0 Å². The molecule has 0 heterocycles. The number of hydrogen-bond donors (Lipinski definition) is 1. The molecule has 0 fully saturated rings. The lowest BCUT2D eigenvalue weighted by atomic mass is 10.3. The summed E-state index contributed by atoms with van der Waals surface area (Å²) in [5.41, 5.74) is 1.10.